The minimum atomic E-state index is -0.571. The maximum Gasteiger partial charge on any atom is 0.412 e. The molecule has 2 aromatic carbocycles. The van der Waals surface area contributed by atoms with E-state index < -0.39 is 11.7 Å². The molecule has 0 saturated carbocycles. The summed E-state index contributed by atoms with van der Waals surface area (Å²) in [6.07, 6.45) is -0.541. The first-order valence-corrected chi connectivity index (χ1v) is 7.73. The van der Waals surface area contributed by atoms with Gasteiger partial charge in [-0.15, -0.1) is 0 Å². The lowest BCUT2D eigenvalue weighted by Gasteiger charge is -2.21. The number of methoxy groups -OCH3 is 1. The van der Waals surface area contributed by atoms with Gasteiger partial charge in [0.15, 0.2) is 11.5 Å². The number of hydrogen-bond donors (Lipinski definition) is 1. The Labute approximate surface area is 142 Å². The van der Waals surface area contributed by atoms with E-state index in [1.165, 1.54) is 7.11 Å². The molecule has 0 radical (unpaired) electrons. The first-order valence-electron chi connectivity index (χ1n) is 7.73. The van der Waals surface area contributed by atoms with E-state index in [9.17, 15) is 4.79 Å². The highest BCUT2D eigenvalue weighted by Gasteiger charge is 2.19. The molecular formula is C19H23NO4. The molecular weight excluding hydrogens is 306 g/mol. The number of hydrogen-bond acceptors (Lipinski definition) is 4. The molecule has 1 amide bonds. The zero-order valence-electron chi connectivity index (χ0n) is 14.5. The first kappa shape index (κ1) is 17.7. The van der Waals surface area contributed by atoms with E-state index >= 15 is 0 Å². The Morgan fingerprint density at radius 3 is 2.38 bits per heavy atom. The second-order valence-electron chi connectivity index (χ2n) is 6.24. The maximum absolute atomic E-state index is 12.0. The predicted molar refractivity (Wildman–Crippen MR) is 93.6 cm³/mol. The molecule has 0 spiro atoms. The van der Waals surface area contributed by atoms with Gasteiger partial charge in [-0.3, -0.25) is 5.32 Å². The van der Waals surface area contributed by atoms with Gasteiger partial charge in [-0.25, -0.2) is 4.79 Å². The quantitative estimate of drug-likeness (QED) is 0.869. The third kappa shape index (κ3) is 5.19. The number of benzene rings is 2. The molecule has 5 nitrogen and oxygen atoms in total. The van der Waals surface area contributed by atoms with E-state index in [-0.39, 0.29) is 0 Å². The molecule has 5 heteroatoms. The molecule has 0 aliphatic rings. The second-order valence-corrected chi connectivity index (χ2v) is 6.24. The maximum atomic E-state index is 12.0. The van der Waals surface area contributed by atoms with Crippen molar-refractivity contribution in [3.63, 3.8) is 0 Å². The van der Waals surface area contributed by atoms with Crippen molar-refractivity contribution in [2.24, 2.45) is 0 Å². The van der Waals surface area contributed by atoms with Crippen molar-refractivity contribution in [2.45, 2.75) is 33.0 Å². The van der Waals surface area contributed by atoms with Crippen LogP contribution in [0.2, 0.25) is 0 Å². The number of para-hydroxylation sites is 1. The molecule has 2 rings (SSSR count). The van der Waals surface area contributed by atoms with Gasteiger partial charge >= 0.3 is 6.09 Å². The lowest BCUT2D eigenvalue weighted by Crippen LogP contribution is -2.27. The minimum absolute atomic E-state index is 0.410. The van der Waals surface area contributed by atoms with Crippen LogP contribution in [-0.4, -0.2) is 18.8 Å². The molecule has 0 saturated heterocycles. The largest absolute Gasteiger partial charge is 0.491 e. The van der Waals surface area contributed by atoms with E-state index in [1.54, 1.807) is 18.2 Å². The van der Waals surface area contributed by atoms with Gasteiger partial charge in [-0.05, 0) is 38.5 Å². The van der Waals surface area contributed by atoms with Gasteiger partial charge in [-0.1, -0.05) is 36.4 Å². The Hall–Kier alpha value is -2.69. The Balaban J connectivity index is 2.11. The summed E-state index contributed by atoms with van der Waals surface area (Å²) in [7, 11) is 1.53. The summed E-state index contributed by atoms with van der Waals surface area (Å²) in [5.74, 6) is 1.01. The molecule has 24 heavy (non-hydrogen) atoms. The highest BCUT2D eigenvalue weighted by atomic mass is 16.6. The van der Waals surface area contributed by atoms with Gasteiger partial charge < -0.3 is 14.2 Å². The molecule has 0 bridgehead atoms. The van der Waals surface area contributed by atoms with E-state index in [2.05, 4.69) is 5.32 Å². The van der Waals surface area contributed by atoms with Crippen molar-refractivity contribution in [3.05, 3.63) is 54.1 Å². The summed E-state index contributed by atoms with van der Waals surface area (Å²) in [5.41, 5.74) is 0.973. The summed E-state index contributed by atoms with van der Waals surface area (Å²) in [6, 6.07) is 15.1. The standard InChI is InChI=1S/C19H23NO4/c1-19(2,3)24-18(21)20-15-11-8-12-16(17(15)22-4)23-13-14-9-6-5-7-10-14/h5-12H,13H2,1-4H3,(H,20,21). The van der Waals surface area contributed by atoms with Gasteiger partial charge in [0, 0.05) is 0 Å². The fourth-order valence-corrected chi connectivity index (χ4v) is 2.09. The number of nitrogens with one attached hydrogen (secondary N) is 1. The number of rotatable bonds is 5. The number of ether oxygens (including phenoxy) is 3. The van der Waals surface area contributed by atoms with Gasteiger partial charge in [0.1, 0.15) is 12.2 Å². The molecule has 0 heterocycles. The lowest BCUT2D eigenvalue weighted by atomic mass is 10.2. The van der Waals surface area contributed by atoms with Crippen molar-refractivity contribution in [2.75, 3.05) is 12.4 Å². The molecule has 0 aromatic heterocycles. The number of carbonyl (C=O) groups is 1. The SMILES string of the molecule is COc1c(NC(=O)OC(C)(C)C)cccc1OCc1ccccc1. The third-order valence-electron chi connectivity index (χ3n) is 3.06. The number of carbonyl (C=O) groups excluding carboxylic acids is 1. The summed E-state index contributed by atoms with van der Waals surface area (Å²) < 4.78 is 16.5. The predicted octanol–water partition coefficient (Wildman–Crippen LogP) is 4.62. The van der Waals surface area contributed by atoms with E-state index in [1.807, 2.05) is 51.1 Å². The molecule has 0 unspecified atom stereocenters. The number of amides is 1. The van der Waals surface area contributed by atoms with Crippen LogP contribution in [0.3, 0.4) is 0 Å². The lowest BCUT2D eigenvalue weighted by molar-refractivity contribution is 0.0635. The zero-order valence-corrected chi connectivity index (χ0v) is 14.5. The van der Waals surface area contributed by atoms with Crippen LogP contribution in [0.15, 0.2) is 48.5 Å². The first-order chi connectivity index (χ1) is 11.4. The normalized spacial score (nSPS) is 10.8. The van der Waals surface area contributed by atoms with Crippen LogP contribution in [0, 0.1) is 0 Å². The van der Waals surface area contributed by atoms with Gasteiger partial charge in [0.05, 0.1) is 12.8 Å². The van der Waals surface area contributed by atoms with Gasteiger partial charge in [0.25, 0.3) is 0 Å². The summed E-state index contributed by atoms with van der Waals surface area (Å²) in [6.45, 7) is 5.84. The topological polar surface area (TPSA) is 56.8 Å². The Morgan fingerprint density at radius 1 is 1.04 bits per heavy atom. The van der Waals surface area contributed by atoms with Crippen molar-refractivity contribution >= 4 is 11.8 Å². The van der Waals surface area contributed by atoms with Crippen LogP contribution < -0.4 is 14.8 Å². The fourth-order valence-electron chi connectivity index (χ4n) is 2.09. The monoisotopic (exact) mass is 329 g/mol. The van der Waals surface area contributed by atoms with Crippen LogP contribution in [-0.2, 0) is 11.3 Å². The summed E-state index contributed by atoms with van der Waals surface area (Å²) in [4.78, 5) is 12.0. The molecule has 128 valence electrons. The summed E-state index contributed by atoms with van der Waals surface area (Å²) in [5, 5.41) is 2.69. The van der Waals surface area contributed by atoms with Crippen LogP contribution in [0.4, 0.5) is 10.5 Å². The van der Waals surface area contributed by atoms with Crippen molar-refractivity contribution < 1.29 is 19.0 Å². The third-order valence-corrected chi connectivity index (χ3v) is 3.06. The Morgan fingerprint density at radius 2 is 1.75 bits per heavy atom. The van der Waals surface area contributed by atoms with Gasteiger partial charge in [0.2, 0.25) is 0 Å². The highest BCUT2D eigenvalue weighted by Crippen LogP contribution is 2.35. The van der Waals surface area contributed by atoms with E-state index in [4.69, 9.17) is 14.2 Å². The molecule has 0 fully saturated rings. The minimum Gasteiger partial charge on any atom is -0.491 e. The van der Waals surface area contributed by atoms with Crippen LogP contribution in [0.5, 0.6) is 11.5 Å². The van der Waals surface area contributed by atoms with Crippen LogP contribution in [0.1, 0.15) is 26.3 Å². The average molecular weight is 329 g/mol. The number of anilines is 1. The van der Waals surface area contributed by atoms with Crippen molar-refractivity contribution in [1.82, 2.24) is 0 Å². The smallest absolute Gasteiger partial charge is 0.412 e. The van der Waals surface area contributed by atoms with Crippen LogP contribution in [0.25, 0.3) is 0 Å². The zero-order chi connectivity index (χ0) is 17.6. The van der Waals surface area contributed by atoms with Crippen molar-refractivity contribution in [3.8, 4) is 11.5 Å². The molecule has 0 aliphatic heterocycles. The van der Waals surface area contributed by atoms with E-state index in [0.717, 1.165) is 5.56 Å². The molecule has 2 aromatic rings. The molecule has 0 aliphatic carbocycles. The van der Waals surface area contributed by atoms with E-state index in [0.29, 0.717) is 23.8 Å². The van der Waals surface area contributed by atoms with Gasteiger partial charge in [-0.2, -0.15) is 0 Å². The van der Waals surface area contributed by atoms with Crippen molar-refractivity contribution in [1.29, 1.82) is 0 Å². The molecule has 0 atom stereocenters. The summed E-state index contributed by atoms with van der Waals surface area (Å²) >= 11 is 0. The second kappa shape index (κ2) is 7.73. The average Bonchev–Trinajstić information content (AvgIpc) is 2.52. The Kier molecular flexibility index (Phi) is 5.68. The highest BCUT2D eigenvalue weighted by molar-refractivity contribution is 5.87. The fraction of sp³-hybridized carbons (Fsp3) is 0.316. The molecule has 1 N–H and O–H groups in total. The van der Waals surface area contributed by atoms with Crippen LogP contribution >= 0.6 is 0 Å². The Bertz CT molecular complexity index is 678.